The average molecular weight is 381 g/mol. The molecule has 7 nitrogen and oxygen atoms in total. The summed E-state index contributed by atoms with van der Waals surface area (Å²) in [6, 6.07) is 0. The van der Waals surface area contributed by atoms with Crippen LogP contribution in [0.1, 0.15) is 58.3 Å². The van der Waals surface area contributed by atoms with Crippen molar-refractivity contribution in [3.63, 3.8) is 0 Å². The summed E-state index contributed by atoms with van der Waals surface area (Å²) in [4.78, 5) is 27.4. The summed E-state index contributed by atoms with van der Waals surface area (Å²) < 4.78 is 21.6. The van der Waals surface area contributed by atoms with Crippen LogP contribution in [-0.2, 0) is 28.5 Å². The van der Waals surface area contributed by atoms with Gasteiger partial charge in [0.2, 0.25) is 0 Å². The normalized spacial score (nSPS) is 28.9. The Bertz CT molecular complexity index is 531. The molecule has 2 aliphatic rings. The third kappa shape index (κ3) is 7.33. The largest absolute Gasteiger partial charge is 0.478 e. The van der Waals surface area contributed by atoms with E-state index in [1.54, 1.807) is 14.0 Å². The van der Waals surface area contributed by atoms with Crippen molar-refractivity contribution in [2.45, 2.75) is 76.6 Å². The van der Waals surface area contributed by atoms with Gasteiger partial charge in [-0.3, -0.25) is 4.79 Å². The van der Waals surface area contributed by atoms with Crippen molar-refractivity contribution in [1.82, 2.24) is 0 Å². The fourth-order valence-electron chi connectivity index (χ4n) is 3.59. The maximum atomic E-state index is 12.4. The summed E-state index contributed by atoms with van der Waals surface area (Å²) in [5, 5.41) is 0. The van der Waals surface area contributed by atoms with Crippen LogP contribution in [0, 0.1) is 5.92 Å². The first-order chi connectivity index (χ1) is 13.0. The van der Waals surface area contributed by atoms with Gasteiger partial charge in [0.25, 0.3) is 0 Å². The number of methoxy groups -OCH3 is 1. The maximum absolute atomic E-state index is 12.4. The van der Waals surface area contributed by atoms with Gasteiger partial charge in [-0.05, 0) is 51.4 Å². The zero-order chi connectivity index (χ0) is 19.6. The zero-order valence-electron chi connectivity index (χ0n) is 16.4. The van der Waals surface area contributed by atoms with E-state index in [2.05, 4.69) is 11.6 Å². The van der Waals surface area contributed by atoms with Crippen LogP contribution in [0.15, 0.2) is 17.6 Å². The molecule has 2 saturated carbocycles. The Kier molecular flexibility index (Phi) is 8.78. The van der Waals surface area contributed by atoms with Crippen LogP contribution in [0.4, 0.5) is 0 Å². The van der Waals surface area contributed by atoms with Crippen molar-refractivity contribution in [2.24, 2.45) is 10.9 Å². The number of aliphatic imine (C=N–C) groups is 1. The minimum absolute atomic E-state index is 0.0121. The molecule has 2 fully saturated rings. The highest BCUT2D eigenvalue weighted by Gasteiger charge is 2.31. The number of hydrogen-bond donors (Lipinski definition) is 0. The second-order valence-corrected chi connectivity index (χ2v) is 7.14. The van der Waals surface area contributed by atoms with E-state index < -0.39 is 5.97 Å². The first kappa shape index (κ1) is 21.4. The van der Waals surface area contributed by atoms with E-state index in [1.807, 2.05) is 0 Å². The standard InChI is InChI=1S/C20H31NO6/c1-4-19(22)25-13-21-14(2)26-17-9-11-18(12-10-17)27-20(23)15-5-7-16(24-3)8-6-15/h4,15-18H,1,5-13H2,2-3H3/b21-14+. The zero-order valence-corrected chi connectivity index (χ0v) is 16.4. The number of hydrogen-bond acceptors (Lipinski definition) is 7. The summed E-state index contributed by atoms with van der Waals surface area (Å²) in [6.07, 6.45) is 8.18. The van der Waals surface area contributed by atoms with Crippen LogP contribution >= 0.6 is 0 Å². The van der Waals surface area contributed by atoms with E-state index >= 15 is 0 Å². The quantitative estimate of drug-likeness (QED) is 0.291. The third-order valence-electron chi connectivity index (χ3n) is 5.24. The predicted molar refractivity (Wildman–Crippen MR) is 100 cm³/mol. The minimum atomic E-state index is -0.510. The molecule has 0 unspecified atom stereocenters. The molecular formula is C20H31NO6. The van der Waals surface area contributed by atoms with Gasteiger partial charge in [-0.25, -0.2) is 9.79 Å². The highest BCUT2D eigenvalue weighted by Crippen LogP contribution is 2.29. The second-order valence-electron chi connectivity index (χ2n) is 7.14. The average Bonchev–Trinajstić information content (AvgIpc) is 2.69. The maximum Gasteiger partial charge on any atom is 0.331 e. The van der Waals surface area contributed by atoms with Crippen molar-refractivity contribution < 1.29 is 28.5 Å². The molecule has 0 radical (unpaired) electrons. The van der Waals surface area contributed by atoms with E-state index in [-0.39, 0.29) is 36.9 Å². The molecule has 0 spiro atoms. The number of carbonyl (C=O) groups is 2. The fraction of sp³-hybridized carbons (Fsp3) is 0.750. The van der Waals surface area contributed by atoms with Gasteiger partial charge in [-0.2, -0.15) is 0 Å². The van der Waals surface area contributed by atoms with Crippen molar-refractivity contribution in [2.75, 3.05) is 13.8 Å². The Morgan fingerprint density at radius 3 is 2.07 bits per heavy atom. The molecule has 152 valence electrons. The first-order valence-corrected chi connectivity index (χ1v) is 9.72. The number of ether oxygens (including phenoxy) is 4. The van der Waals surface area contributed by atoms with E-state index in [0.29, 0.717) is 5.90 Å². The Morgan fingerprint density at radius 1 is 0.963 bits per heavy atom. The van der Waals surface area contributed by atoms with Gasteiger partial charge in [0.1, 0.15) is 12.2 Å². The molecule has 0 amide bonds. The molecule has 0 bridgehead atoms. The van der Waals surface area contributed by atoms with Crippen LogP contribution in [0.5, 0.6) is 0 Å². The summed E-state index contributed by atoms with van der Waals surface area (Å²) in [5.41, 5.74) is 0. The molecule has 0 aromatic rings. The van der Waals surface area contributed by atoms with Gasteiger partial charge >= 0.3 is 11.9 Å². The summed E-state index contributed by atoms with van der Waals surface area (Å²) in [7, 11) is 1.73. The smallest absolute Gasteiger partial charge is 0.331 e. The molecular weight excluding hydrogens is 350 g/mol. The van der Waals surface area contributed by atoms with E-state index in [1.165, 1.54) is 0 Å². The first-order valence-electron chi connectivity index (χ1n) is 9.72. The van der Waals surface area contributed by atoms with Gasteiger partial charge in [0.05, 0.1) is 12.0 Å². The molecule has 0 aliphatic heterocycles. The third-order valence-corrected chi connectivity index (χ3v) is 5.24. The molecule has 0 heterocycles. The van der Waals surface area contributed by atoms with Crippen LogP contribution in [-0.4, -0.2) is 50.0 Å². The molecule has 0 aromatic carbocycles. The topological polar surface area (TPSA) is 83.4 Å². The predicted octanol–water partition coefficient (Wildman–Crippen LogP) is 3.17. The van der Waals surface area contributed by atoms with Crippen LogP contribution < -0.4 is 0 Å². The van der Waals surface area contributed by atoms with Gasteiger partial charge in [0, 0.05) is 20.1 Å². The Labute approximate surface area is 161 Å². The number of carbonyl (C=O) groups excluding carboxylic acids is 2. The van der Waals surface area contributed by atoms with Crippen molar-refractivity contribution in [3.05, 3.63) is 12.7 Å². The molecule has 0 aromatic heterocycles. The lowest BCUT2D eigenvalue weighted by Crippen LogP contribution is -2.33. The van der Waals surface area contributed by atoms with Crippen molar-refractivity contribution >= 4 is 17.8 Å². The SMILES string of the molecule is C=CC(=O)OC/N=C(\C)OC1CCC(OC(=O)C2CCC(OC)CC2)CC1. The van der Waals surface area contributed by atoms with Gasteiger partial charge in [0.15, 0.2) is 12.6 Å². The second kappa shape index (κ2) is 11.1. The number of nitrogens with zero attached hydrogens (tertiary/aromatic N) is 1. The molecule has 0 saturated heterocycles. The Morgan fingerprint density at radius 2 is 1.52 bits per heavy atom. The van der Waals surface area contributed by atoms with E-state index in [0.717, 1.165) is 57.4 Å². The van der Waals surface area contributed by atoms with Crippen molar-refractivity contribution in [1.29, 1.82) is 0 Å². The van der Waals surface area contributed by atoms with Gasteiger partial charge < -0.3 is 18.9 Å². The highest BCUT2D eigenvalue weighted by molar-refractivity contribution is 5.81. The lowest BCUT2D eigenvalue weighted by molar-refractivity contribution is -0.158. The Hall–Kier alpha value is -1.89. The van der Waals surface area contributed by atoms with Crippen LogP contribution in [0.2, 0.25) is 0 Å². The van der Waals surface area contributed by atoms with Gasteiger partial charge in [-0.1, -0.05) is 6.58 Å². The summed E-state index contributed by atoms with van der Waals surface area (Å²) >= 11 is 0. The molecule has 7 heteroatoms. The van der Waals surface area contributed by atoms with Gasteiger partial charge in [-0.15, -0.1) is 0 Å². The monoisotopic (exact) mass is 381 g/mol. The lowest BCUT2D eigenvalue weighted by Gasteiger charge is -2.31. The molecule has 0 atom stereocenters. The molecule has 0 N–H and O–H groups in total. The fourth-order valence-corrected chi connectivity index (χ4v) is 3.59. The van der Waals surface area contributed by atoms with Crippen molar-refractivity contribution in [3.8, 4) is 0 Å². The van der Waals surface area contributed by atoms with E-state index in [4.69, 9.17) is 18.9 Å². The Balaban J connectivity index is 1.65. The van der Waals surface area contributed by atoms with Crippen LogP contribution in [0.3, 0.4) is 0 Å². The molecule has 2 aliphatic carbocycles. The lowest BCUT2D eigenvalue weighted by atomic mass is 9.87. The van der Waals surface area contributed by atoms with E-state index in [9.17, 15) is 9.59 Å². The number of esters is 2. The minimum Gasteiger partial charge on any atom is -0.478 e. The van der Waals surface area contributed by atoms with Crippen LogP contribution in [0.25, 0.3) is 0 Å². The number of rotatable bonds is 7. The molecule has 2 rings (SSSR count). The highest BCUT2D eigenvalue weighted by atomic mass is 16.6. The summed E-state index contributed by atoms with van der Waals surface area (Å²) in [5.74, 6) is -0.0690. The summed E-state index contributed by atoms with van der Waals surface area (Å²) in [6.45, 7) is 4.99. The molecule has 27 heavy (non-hydrogen) atoms.